The van der Waals surface area contributed by atoms with Crippen molar-refractivity contribution < 1.29 is 4.52 Å². The molecule has 1 aliphatic heterocycles. The highest BCUT2D eigenvalue weighted by molar-refractivity contribution is 6.35. The quantitative estimate of drug-likeness (QED) is 0.651. The second-order valence-electron chi connectivity index (χ2n) is 7.74. The van der Waals surface area contributed by atoms with E-state index in [9.17, 15) is 0 Å². The Morgan fingerprint density at radius 3 is 2.86 bits per heavy atom. The number of benzene rings is 1. The summed E-state index contributed by atoms with van der Waals surface area (Å²) in [6.45, 7) is 4.78. The van der Waals surface area contributed by atoms with E-state index in [4.69, 9.17) is 27.7 Å². The first-order valence-corrected chi connectivity index (χ1v) is 9.98. The number of aryl methyl sites for hydroxylation is 1. The van der Waals surface area contributed by atoms with Crippen molar-refractivity contribution in [1.29, 1.82) is 0 Å². The molecule has 5 rings (SSSR count). The molecule has 28 heavy (non-hydrogen) atoms. The molecule has 1 saturated heterocycles. The highest BCUT2D eigenvalue weighted by Gasteiger charge is 2.60. The first-order chi connectivity index (χ1) is 13.5. The van der Waals surface area contributed by atoms with E-state index in [0.717, 1.165) is 36.6 Å². The van der Waals surface area contributed by atoms with Crippen LogP contribution in [0.4, 0.5) is 11.7 Å². The summed E-state index contributed by atoms with van der Waals surface area (Å²) < 4.78 is 5.53. The van der Waals surface area contributed by atoms with Gasteiger partial charge in [-0.15, -0.1) is 0 Å². The molecule has 2 aliphatic rings. The van der Waals surface area contributed by atoms with Gasteiger partial charge in [-0.05, 0) is 49.6 Å². The molecule has 2 atom stereocenters. The summed E-state index contributed by atoms with van der Waals surface area (Å²) in [6.07, 6.45) is 3.06. The number of anilines is 2. The Kier molecular flexibility index (Phi) is 4.21. The van der Waals surface area contributed by atoms with Gasteiger partial charge < -0.3 is 14.7 Å². The number of pyridine rings is 1. The van der Waals surface area contributed by atoms with E-state index < -0.39 is 0 Å². The summed E-state index contributed by atoms with van der Waals surface area (Å²) in [6, 6.07) is 9.88. The summed E-state index contributed by atoms with van der Waals surface area (Å²) in [5.74, 6) is 1.15. The van der Waals surface area contributed by atoms with E-state index >= 15 is 0 Å². The average Bonchev–Trinajstić information content (AvgIpc) is 3.02. The van der Waals surface area contributed by atoms with Crippen LogP contribution >= 0.6 is 23.2 Å². The molecule has 144 valence electrons. The third-order valence-corrected chi connectivity index (χ3v) is 6.09. The van der Waals surface area contributed by atoms with Crippen LogP contribution in [0.3, 0.4) is 0 Å². The molecule has 2 fully saturated rings. The van der Waals surface area contributed by atoms with Crippen LogP contribution in [0.1, 0.15) is 12.1 Å². The molecule has 0 bridgehead atoms. The third-order valence-electron chi connectivity index (χ3n) is 5.65. The average molecular weight is 416 g/mol. The zero-order valence-electron chi connectivity index (χ0n) is 15.3. The fraction of sp³-hybridized carbons (Fsp3) is 0.350. The molecule has 8 heteroatoms. The first kappa shape index (κ1) is 17.8. The van der Waals surface area contributed by atoms with Gasteiger partial charge in [0.2, 0.25) is 5.82 Å². The fourth-order valence-electron chi connectivity index (χ4n) is 4.09. The van der Waals surface area contributed by atoms with Crippen LogP contribution in [-0.4, -0.2) is 34.8 Å². The van der Waals surface area contributed by atoms with Gasteiger partial charge in [-0.3, -0.25) is 4.98 Å². The van der Waals surface area contributed by atoms with Crippen LogP contribution in [-0.2, 0) is 0 Å². The predicted octanol–water partition coefficient (Wildman–Crippen LogP) is 4.69. The smallest absolute Gasteiger partial charge is 0.324 e. The minimum atomic E-state index is 0.269. The standard InChI is InChI=1S/C20H19Cl2N5O/c1-12-4-17(2-3-23-12)24-10-20-8-14(20)9-27(11-20)19-25-18(26-28-19)13-5-15(21)7-16(22)6-13/h2-7,14H,8-11H2,1H3,(H,23,24). The van der Waals surface area contributed by atoms with Crippen LogP contribution in [0.2, 0.25) is 10.0 Å². The SMILES string of the molecule is Cc1cc(NCC23CC2CN(c2nc(-c4cc(Cl)cc(Cl)c4)no2)C3)ccn1. The number of rotatable bonds is 5. The zero-order valence-corrected chi connectivity index (χ0v) is 16.8. The van der Waals surface area contributed by atoms with Crippen molar-refractivity contribution in [1.82, 2.24) is 15.1 Å². The molecule has 2 unspecified atom stereocenters. The summed E-state index contributed by atoms with van der Waals surface area (Å²) in [4.78, 5) is 11.0. The lowest BCUT2D eigenvalue weighted by Gasteiger charge is -2.19. The van der Waals surface area contributed by atoms with E-state index in [1.165, 1.54) is 6.42 Å². The van der Waals surface area contributed by atoms with Gasteiger partial charge in [0, 0.05) is 58.2 Å². The molecule has 3 heterocycles. The van der Waals surface area contributed by atoms with E-state index in [0.29, 0.717) is 27.8 Å². The van der Waals surface area contributed by atoms with Gasteiger partial charge >= 0.3 is 6.01 Å². The van der Waals surface area contributed by atoms with Crippen LogP contribution in [0.15, 0.2) is 41.1 Å². The van der Waals surface area contributed by atoms with Crippen LogP contribution < -0.4 is 10.2 Å². The zero-order chi connectivity index (χ0) is 19.3. The van der Waals surface area contributed by atoms with Crippen LogP contribution in [0, 0.1) is 18.3 Å². The maximum atomic E-state index is 6.08. The van der Waals surface area contributed by atoms with E-state index in [-0.39, 0.29) is 5.41 Å². The number of piperidine rings is 1. The summed E-state index contributed by atoms with van der Waals surface area (Å²) in [5.41, 5.74) is 3.15. The number of nitrogens with zero attached hydrogens (tertiary/aromatic N) is 4. The lowest BCUT2D eigenvalue weighted by molar-refractivity contribution is 0.412. The number of hydrogen-bond donors (Lipinski definition) is 1. The number of hydrogen-bond acceptors (Lipinski definition) is 6. The van der Waals surface area contributed by atoms with Crippen molar-refractivity contribution in [2.75, 3.05) is 29.9 Å². The van der Waals surface area contributed by atoms with Crippen molar-refractivity contribution >= 4 is 34.9 Å². The number of nitrogens with one attached hydrogen (secondary N) is 1. The largest absolute Gasteiger partial charge is 0.384 e. The lowest BCUT2D eigenvalue weighted by Crippen LogP contribution is -2.28. The molecule has 6 nitrogen and oxygen atoms in total. The summed E-state index contributed by atoms with van der Waals surface area (Å²) in [7, 11) is 0. The number of fused-ring (bicyclic) bond motifs is 1. The number of aromatic nitrogens is 3. The minimum Gasteiger partial charge on any atom is -0.384 e. The Labute approximate surface area is 172 Å². The van der Waals surface area contributed by atoms with Crippen LogP contribution in [0.5, 0.6) is 0 Å². The minimum absolute atomic E-state index is 0.269. The molecule has 3 aromatic rings. The van der Waals surface area contributed by atoms with E-state index in [2.05, 4.69) is 31.4 Å². The van der Waals surface area contributed by atoms with E-state index in [1.807, 2.05) is 19.2 Å². The fourth-order valence-corrected chi connectivity index (χ4v) is 4.62. The first-order valence-electron chi connectivity index (χ1n) is 9.22. The second kappa shape index (κ2) is 6.64. The van der Waals surface area contributed by atoms with Gasteiger partial charge in [0.1, 0.15) is 0 Å². The Morgan fingerprint density at radius 2 is 2.07 bits per heavy atom. The maximum absolute atomic E-state index is 6.08. The van der Waals surface area contributed by atoms with Gasteiger partial charge in [0.05, 0.1) is 0 Å². The third kappa shape index (κ3) is 3.31. The summed E-state index contributed by atoms with van der Waals surface area (Å²) in [5, 5.41) is 8.77. The molecule has 1 aliphatic carbocycles. The molecule has 0 amide bonds. The Morgan fingerprint density at radius 1 is 1.25 bits per heavy atom. The van der Waals surface area contributed by atoms with Crippen molar-refractivity contribution in [3.05, 3.63) is 52.3 Å². The monoisotopic (exact) mass is 415 g/mol. The highest BCUT2D eigenvalue weighted by Crippen LogP contribution is 2.58. The molecule has 1 aromatic carbocycles. The lowest BCUT2D eigenvalue weighted by atomic mass is 10.1. The van der Waals surface area contributed by atoms with Crippen molar-refractivity contribution in [2.45, 2.75) is 13.3 Å². The molecule has 1 N–H and O–H groups in total. The Bertz CT molecular complexity index is 1020. The van der Waals surface area contributed by atoms with Gasteiger partial charge in [-0.1, -0.05) is 28.4 Å². The van der Waals surface area contributed by atoms with Gasteiger partial charge in [-0.25, -0.2) is 0 Å². The van der Waals surface area contributed by atoms with Crippen LogP contribution in [0.25, 0.3) is 11.4 Å². The number of halogens is 2. The molecule has 1 saturated carbocycles. The van der Waals surface area contributed by atoms with Gasteiger partial charge in [-0.2, -0.15) is 4.98 Å². The van der Waals surface area contributed by atoms with Crippen molar-refractivity contribution in [2.24, 2.45) is 11.3 Å². The molecule has 0 radical (unpaired) electrons. The summed E-state index contributed by atoms with van der Waals surface area (Å²) >= 11 is 12.2. The Balaban J connectivity index is 1.27. The maximum Gasteiger partial charge on any atom is 0.324 e. The predicted molar refractivity (Wildman–Crippen MR) is 110 cm³/mol. The normalized spacial score (nSPS) is 23.0. The Hall–Kier alpha value is -2.31. The molecular formula is C20H19Cl2N5O. The highest BCUT2D eigenvalue weighted by atomic mass is 35.5. The second-order valence-corrected chi connectivity index (χ2v) is 8.61. The van der Waals surface area contributed by atoms with E-state index in [1.54, 1.807) is 18.2 Å². The molecule has 2 aromatic heterocycles. The topological polar surface area (TPSA) is 67.1 Å². The molecular weight excluding hydrogens is 397 g/mol. The van der Waals surface area contributed by atoms with Gasteiger partial charge in [0.25, 0.3) is 0 Å². The molecule has 0 spiro atoms. The van der Waals surface area contributed by atoms with Crippen molar-refractivity contribution in [3.8, 4) is 11.4 Å². The van der Waals surface area contributed by atoms with Crippen molar-refractivity contribution in [3.63, 3.8) is 0 Å². The van der Waals surface area contributed by atoms with Gasteiger partial charge in [0.15, 0.2) is 0 Å².